The molecule has 2 aliphatic rings. The first-order valence-corrected chi connectivity index (χ1v) is 12.2. The van der Waals surface area contributed by atoms with Gasteiger partial charge in [0.05, 0.1) is 18.4 Å². The molecule has 9 nitrogen and oxygen atoms in total. The maximum atomic E-state index is 12.7. The number of fused-ring (bicyclic) bond motifs is 1. The molecule has 0 saturated heterocycles. The molecule has 4 rings (SSSR count). The normalized spacial score (nSPS) is 17.5. The van der Waals surface area contributed by atoms with Gasteiger partial charge in [0.15, 0.2) is 5.84 Å². The van der Waals surface area contributed by atoms with Crippen molar-refractivity contribution in [1.29, 1.82) is 5.41 Å². The first-order valence-electron chi connectivity index (χ1n) is 9.72. The molecule has 0 unspecified atom stereocenters. The number of thioether (sulfide) groups is 1. The van der Waals surface area contributed by atoms with Gasteiger partial charge in [0.2, 0.25) is 19.4 Å². The standard InChI is InChI=1S/C21H21N5O4S2/c1-5-32(28,29)21-24-26-18(22)17(19(27)23-20(26)31-21)11-14-10-12(2)25(13(14)3)15-6-8-16(30-4)9-7-15/h6-11,22H,5H2,1-4H3/b17-11-,22-18?. The molecular formula is C21H21N5O4S2. The van der Waals surface area contributed by atoms with E-state index in [0.29, 0.717) is 0 Å². The maximum Gasteiger partial charge on any atom is 0.283 e. The number of methoxy groups -OCH3 is 1. The minimum absolute atomic E-state index is 0.0447. The Kier molecular flexibility index (Phi) is 5.55. The van der Waals surface area contributed by atoms with Crippen molar-refractivity contribution in [2.45, 2.75) is 20.8 Å². The molecule has 32 heavy (non-hydrogen) atoms. The lowest BCUT2D eigenvalue weighted by molar-refractivity contribution is -0.114. The van der Waals surface area contributed by atoms with Crippen LogP contribution in [0.2, 0.25) is 0 Å². The van der Waals surface area contributed by atoms with E-state index in [1.807, 2.05) is 48.7 Å². The van der Waals surface area contributed by atoms with E-state index in [9.17, 15) is 13.2 Å². The van der Waals surface area contributed by atoms with Crippen molar-refractivity contribution in [2.24, 2.45) is 10.1 Å². The lowest BCUT2D eigenvalue weighted by Crippen LogP contribution is -2.35. The molecule has 0 atom stereocenters. The van der Waals surface area contributed by atoms with E-state index in [1.165, 1.54) is 6.92 Å². The highest BCUT2D eigenvalue weighted by Gasteiger charge is 2.39. The van der Waals surface area contributed by atoms with E-state index in [-0.39, 0.29) is 26.7 Å². The summed E-state index contributed by atoms with van der Waals surface area (Å²) in [5.41, 5.74) is 3.56. The van der Waals surface area contributed by atoms with Crippen molar-refractivity contribution in [2.75, 3.05) is 12.9 Å². The highest BCUT2D eigenvalue weighted by Crippen LogP contribution is 2.31. The van der Waals surface area contributed by atoms with Crippen LogP contribution in [-0.2, 0) is 14.6 Å². The third-order valence-electron chi connectivity index (χ3n) is 5.18. The van der Waals surface area contributed by atoms with Gasteiger partial charge in [-0.15, -0.1) is 5.10 Å². The largest absolute Gasteiger partial charge is 0.497 e. The predicted molar refractivity (Wildman–Crippen MR) is 126 cm³/mol. The van der Waals surface area contributed by atoms with Crippen LogP contribution in [0.5, 0.6) is 5.75 Å². The molecule has 0 spiro atoms. The van der Waals surface area contributed by atoms with Crippen LogP contribution in [0, 0.1) is 19.3 Å². The average molecular weight is 472 g/mol. The molecule has 1 N–H and O–H groups in total. The molecule has 1 amide bonds. The number of amides is 1. The molecule has 166 valence electrons. The van der Waals surface area contributed by atoms with E-state index < -0.39 is 15.7 Å². The topological polar surface area (TPSA) is 117 Å². The fourth-order valence-electron chi connectivity index (χ4n) is 3.44. The van der Waals surface area contributed by atoms with Gasteiger partial charge in [0.1, 0.15) is 5.75 Å². The second-order valence-corrected chi connectivity index (χ2v) is 10.6. The number of carbonyl (C=O) groups excluding carboxylic acids is 1. The Morgan fingerprint density at radius 1 is 1.22 bits per heavy atom. The fourth-order valence-corrected chi connectivity index (χ4v) is 5.61. The van der Waals surface area contributed by atoms with Gasteiger partial charge in [-0.1, -0.05) is 6.92 Å². The Labute approximate surface area is 189 Å². The number of ether oxygens (including phenoxy) is 1. The van der Waals surface area contributed by atoms with Crippen molar-refractivity contribution in [1.82, 2.24) is 9.58 Å². The third-order valence-corrected chi connectivity index (χ3v) is 8.27. The van der Waals surface area contributed by atoms with Crippen LogP contribution in [-0.4, -0.2) is 52.1 Å². The Morgan fingerprint density at radius 3 is 2.53 bits per heavy atom. The molecule has 1 aromatic heterocycles. The summed E-state index contributed by atoms with van der Waals surface area (Å²) in [6.45, 7) is 5.38. The Hall–Kier alpha value is -3.18. The third kappa shape index (κ3) is 3.67. The zero-order valence-corrected chi connectivity index (χ0v) is 19.5. The Morgan fingerprint density at radius 2 is 1.91 bits per heavy atom. The molecule has 1 aromatic carbocycles. The first-order chi connectivity index (χ1) is 15.2. The highest BCUT2D eigenvalue weighted by molar-refractivity contribution is 8.42. The number of nitrogens with one attached hydrogen (secondary N) is 1. The van der Waals surface area contributed by atoms with Crippen molar-refractivity contribution in [3.05, 3.63) is 52.9 Å². The minimum atomic E-state index is -3.57. The van der Waals surface area contributed by atoms with Crippen LogP contribution in [0.1, 0.15) is 23.9 Å². The molecule has 2 aliphatic heterocycles. The van der Waals surface area contributed by atoms with E-state index in [2.05, 4.69) is 10.1 Å². The number of nitrogens with zero attached hydrogens (tertiary/aromatic N) is 4. The number of amidine groups is 2. The van der Waals surface area contributed by atoms with Crippen molar-refractivity contribution in [3.8, 4) is 11.4 Å². The van der Waals surface area contributed by atoms with Gasteiger partial charge < -0.3 is 9.30 Å². The number of aryl methyl sites for hydroxylation is 1. The summed E-state index contributed by atoms with van der Waals surface area (Å²) in [4.78, 5) is 16.6. The van der Waals surface area contributed by atoms with Crippen LogP contribution in [0.15, 0.2) is 46.0 Å². The van der Waals surface area contributed by atoms with Crippen molar-refractivity contribution >= 4 is 49.0 Å². The quantitative estimate of drug-likeness (QED) is 0.685. The molecule has 0 bridgehead atoms. The number of aromatic nitrogens is 1. The lowest BCUT2D eigenvalue weighted by atomic mass is 10.1. The molecule has 0 fully saturated rings. The van der Waals surface area contributed by atoms with Crippen LogP contribution < -0.4 is 4.74 Å². The lowest BCUT2D eigenvalue weighted by Gasteiger charge is -2.20. The maximum absolute atomic E-state index is 12.7. The van der Waals surface area contributed by atoms with Gasteiger partial charge in [-0.05, 0) is 67.6 Å². The summed E-state index contributed by atoms with van der Waals surface area (Å²) in [7, 11) is -1.96. The number of benzene rings is 1. The summed E-state index contributed by atoms with van der Waals surface area (Å²) >= 11 is 0.787. The van der Waals surface area contributed by atoms with Gasteiger partial charge >= 0.3 is 0 Å². The highest BCUT2D eigenvalue weighted by atomic mass is 32.3. The van der Waals surface area contributed by atoms with Crippen molar-refractivity contribution in [3.63, 3.8) is 0 Å². The fraction of sp³-hybridized carbons (Fsp3) is 0.238. The smallest absolute Gasteiger partial charge is 0.283 e. The van der Waals surface area contributed by atoms with Crippen LogP contribution in [0.4, 0.5) is 0 Å². The van der Waals surface area contributed by atoms with E-state index in [0.717, 1.165) is 45.2 Å². The number of aliphatic imine (C=N–C) groups is 1. The van der Waals surface area contributed by atoms with E-state index in [4.69, 9.17) is 10.1 Å². The van der Waals surface area contributed by atoms with Gasteiger partial charge in [-0.2, -0.15) is 10.0 Å². The number of carbonyl (C=O) groups is 1. The molecule has 11 heteroatoms. The monoisotopic (exact) mass is 471 g/mol. The van der Waals surface area contributed by atoms with Gasteiger partial charge in [0, 0.05) is 17.1 Å². The molecule has 2 aromatic rings. The van der Waals surface area contributed by atoms with Crippen molar-refractivity contribution < 1.29 is 17.9 Å². The summed E-state index contributed by atoms with van der Waals surface area (Å²) in [6, 6.07) is 9.53. The zero-order chi connectivity index (χ0) is 23.2. The average Bonchev–Trinajstić information content (AvgIpc) is 3.32. The number of sulfone groups is 1. The predicted octanol–water partition coefficient (Wildman–Crippen LogP) is 3.11. The number of rotatable bonds is 4. The SMILES string of the molecule is CCS(=O)(=O)C1=NN2C(=N)/C(=C/c3cc(C)n(-c4ccc(OC)cc4)c3C)C(=O)N=C2S1. The van der Waals surface area contributed by atoms with Crippen LogP contribution >= 0.6 is 11.8 Å². The molecular weight excluding hydrogens is 450 g/mol. The zero-order valence-electron chi connectivity index (χ0n) is 17.9. The Bertz CT molecular complexity index is 1330. The van der Waals surface area contributed by atoms with Gasteiger partial charge in [-0.25, -0.2) is 8.42 Å². The number of hydrazone groups is 1. The number of hydrogen-bond acceptors (Lipinski definition) is 7. The Balaban J connectivity index is 1.72. The number of hydrogen-bond donors (Lipinski definition) is 1. The molecule has 0 saturated carbocycles. The second kappa shape index (κ2) is 8.06. The minimum Gasteiger partial charge on any atom is -0.497 e. The first kappa shape index (κ1) is 22.0. The van der Waals surface area contributed by atoms with Gasteiger partial charge in [-0.3, -0.25) is 10.2 Å². The van der Waals surface area contributed by atoms with Gasteiger partial charge in [0.25, 0.3) is 5.91 Å². The molecule has 3 heterocycles. The van der Waals surface area contributed by atoms with E-state index in [1.54, 1.807) is 13.2 Å². The molecule has 0 aliphatic carbocycles. The van der Waals surface area contributed by atoms with Crippen LogP contribution in [0.3, 0.4) is 0 Å². The van der Waals surface area contributed by atoms with E-state index >= 15 is 0 Å². The summed E-state index contributed by atoms with van der Waals surface area (Å²) in [6.07, 6.45) is 1.60. The summed E-state index contributed by atoms with van der Waals surface area (Å²) < 4.78 is 31.4. The molecule has 0 radical (unpaired) electrons. The van der Waals surface area contributed by atoms with Crippen LogP contribution in [0.25, 0.3) is 11.8 Å². The summed E-state index contributed by atoms with van der Waals surface area (Å²) in [5.74, 6) is -0.181. The summed E-state index contributed by atoms with van der Waals surface area (Å²) in [5, 5.41) is 13.7. The second-order valence-electron chi connectivity index (χ2n) is 7.15.